The number of H-pyrrole nitrogens is 1. The highest BCUT2D eigenvalue weighted by atomic mass is 16.7. The van der Waals surface area contributed by atoms with Gasteiger partial charge in [-0.25, -0.2) is 4.79 Å². The smallest absolute Gasteiger partial charge is 0.319 e. The molecule has 0 saturated carbocycles. The summed E-state index contributed by atoms with van der Waals surface area (Å²) in [6, 6.07) is 3.10. The van der Waals surface area contributed by atoms with Crippen LogP contribution in [0.5, 0.6) is 17.2 Å². The van der Waals surface area contributed by atoms with E-state index in [-0.39, 0.29) is 12.8 Å². The molecule has 0 spiro atoms. The van der Waals surface area contributed by atoms with E-state index in [0.717, 1.165) is 24.2 Å². The highest BCUT2D eigenvalue weighted by Crippen LogP contribution is 2.40. The summed E-state index contributed by atoms with van der Waals surface area (Å²) < 4.78 is 15.9. The van der Waals surface area contributed by atoms with Gasteiger partial charge in [-0.05, 0) is 32.3 Å². The van der Waals surface area contributed by atoms with Gasteiger partial charge in [-0.1, -0.05) is 0 Å². The Labute approximate surface area is 145 Å². The minimum Gasteiger partial charge on any atom is -0.494 e. The molecule has 2 aromatic rings. The van der Waals surface area contributed by atoms with E-state index in [2.05, 4.69) is 20.8 Å². The molecule has 3 N–H and O–H groups in total. The Balaban J connectivity index is 1.51. The molecule has 8 nitrogen and oxygen atoms in total. The first kappa shape index (κ1) is 16.9. The molecule has 0 atom stereocenters. The fourth-order valence-corrected chi connectivity index (χ4v) is 2.77. The Kier molecular flexibility index (Phi) is 4.97. The zero-order valence-electron chi connectivity index (χ0n) is 14.6. The van der Waals surface area contributed by atoms with E-state index in [0.29, 0.717) is 29.5 Å². The fourth-order valence-electron chi connectivity index (χ4n) is 2.77. The van der Waals surface area contributed by atoms with E-state index in [4.69, 9.17) is 14.2 Å². The van der Waals surface area contributed by atoms with E-state index in [9.17, 15) is 4.79 Å². The summed E-state index contributed by atoms with van der Waals surface area (Å²) in [4.78, 5) is 12.1. The largest absolute Gasteiger partial charge is 0.494 e. The maximum atomic E-state index is 12.1. The molecule has 1 aromatic carbocycles. The lowest BCUT2D eigenvalue weighted by Gasteiger charge is -2.12. The molecule has 1 aromatic heterocycles. The summed E-state index contributed by atoms with van der Waals surface area (Å²) in [7, 11) is 1.54. The molecule has 8 heteroatoms. The number of anilines is 1. The quantitative estimate of drug-likeness (QED) is 0.698. The predicted molar refractivity (Wildman–Crippen MR) is 92.5 cm³/mol. The van der Waals surface area contributed by atoms with E-state index < -0.39 is 0 Å². The number of benzene rings is 1. The van der Waals surface area contributed by atoms with Gasteiger partial charge in [-0.15, -0.1) is 0 Å². The highest BCUT2D eigenvalue weighted by molar-refractivity contribution is 5.91. The van der Waals surface area contributed by atoms with Gasteiger partial charge in [0, 0.05) is 24.4 Å². The number of amides is 2. The van der Waals surface area contributed by atoms with Crippen LogP contribution in [0.4, 0.5) is 10.5 Å². The molecule has 1 aliphatic rings. The Hall–Kier alpha value is -2.90. The third-order valence-electron chi connectivity index (χ3n) is 4.11. The second kappa shape index (κ2) is 7.33. The lowest BCUT2D eigenvalue weighted by Crippen LogP contribution is -2.30. The Morgan fingerprint density at radius 3 is 2.76 bits per heavy atom. The van der Waals surface area contributed by atoms with Gasteiger partial charge < -0.3 is 24.8 Å². The molecule has 25 heavy (non-hydrogen) atoms. The third-order valence-corrected chi connectivity index (χ3v) is 4.11. The van der Waals surface area contributed by atoms with Crippen LogP contribution in [-0.2, 0) is 6.42 Å². The van der Waals surface area contributed by atoms with Crippen molar-refractivity contribution in [3.05, 3.63) is 29.1 Å². The van der Waals surface area contributed by atoms with Gasteiger partial charge in [0.2, 0.25) is 6.79 Å². The molecule has 0 aliphatic carbocycles. The number of fused-ring (bicyclic) bond motifs is 1. The Morgan fingerprint density at radius 1 is 1.32 bits per heavy atom. The van der Waals surface area contributed by atoms with Gasteiger partial charge in [0.15, 0.2) is 11.5 Å². The van der Waals surface area contributed by atoms with E-state index in [1.54, 1.807) is 12.1 Å². The molecule has 0 radical (unpaired) electrons. The van der Waals surface area contributed by atoms with Crippen molar-refractivity contribution in [2.24, 2.45) is 0 Å². The van der Waals surface area contributed by atoms with Gasteiger partial charge in [0.25, 0.3) is 0 Å². The van der Waals surface area contributed by atoms with Gasteiger partial charge >= 0.3 is 6.03 Å². The van der Waals surface area contributed by atoms with Crippen LogP contribution < -0.4 is 24.8 Å². The predicted octanol–water partition coefficient (Wildman–Crippen LogP) is 2.52. The summed E-state index contributed by atoms with van der Waals surface area (Å²) in [5.74, 6) is 1.71. The van der Waals surface area contributed by atoms with Crippen LogP contribution in [0, 0.1) is 13.8 Å². The van der Waals surface area contributed by atoms with E-state index in [1.807, 2.05) is 13.8 Å². The summed E-state index contributed by atoms with van der Waals surface area (Å²) >= 11 is 0. The minimum atomic E-state index is -0.294. The number of nitrogens with zero attached hydrogens (tertiary/aromatic N) is 1. The molecule has 0 saturated heterocycles. The lowest BCUT2D eigenvalue weighted by molar-refractivity contribution is 0.174. The van der Waals surface area contributed by atoms with Crippen LogP contribution in [0.15, 0.2) is 12.1 Å². The Morgan fingerprint density at radius 2 is 2.08 bits per heavy atom. The second-order valence-corrected chi connectivity index (χ2v) is 5.80. The van der Waals surface area contributed by atoms with Crippen LogP contribution in [0.1, 0.15) is 23.4 Å². The maximum Gasteiger partial charge on any atom is 0.319 e. The van der Waals surface area contributed by atoms with Gasteiger partial charge in [0.1, 0.15) is 5.75 Å². The number of carbonyl (C=O) groups is 1. The van der Waals surface area contributed by atoms with Crippen molar-refractivity contribution in [1.29, 1.82) is 0 Å². The van der Waals surface area contributed by atoms with Crippen LogP contribution >= 0.6 is 0 Å². The van der Waals surface area contributed by atoms with E-state index >= 15 is 0 Å². The number of urea groups is 1. The minimum absolute atomic E-state index is 0.168. The summed E-state index contributed by atoms with van der Waals surface area (Å²) in [6.07, 6.45) is 1.69. The van der Waals surface area contributed by atoms with Crippen molar-refractivity contribution in [2.45, 2.75) is 26.7 Å². The standard InChI is InChI=1S/C17H22N4O4/c1-10-12(11(2)21-20-10)5-4-6-18-17(22)19-13-7-15-16(25-9-24-15)8-14(13)23-3/h7-8H,4-6,9H2,1-3H3,(H,20,21)(H2,18,19,22). The average Bonchev–Trinajstić information content (AvgIpc) is 3.17. The molecular formula is C17H22N4O4. The molecule has 0 unspecified atom stereocenters. The first-order valence-corrected chi connectivity index (χ1v) is 8.11. The van der Waals surface area contributed by atoms with E-state index in [1.165, 1.54) is 12.7 Å². The monoisotopic (exact) mass is 346 g/mol. The average molecular weight is 346 g/mol. The molecule has 2 amide bonds. The molecular weight excluding hydrogens is 324 g/mol. The zero-order valence-corrected chi connectivity index (χ0v) is 14.6. The topological polar surface area (TPSA) is 97.5 Å². The highest BCUT2D eigenvalue weighted by Gasteiger charge is 2.18. The summed E-state index contributed by atoms with van der Waals surface area (Å²) in [5, 5.41) is 12.8. The number of hydrogen-bond donors (Lipinski definition) is 3. The fraction of sp³-hybridized carbons (Fsp3) is 0.412. The number of aryl methyl sites for hydroxylation is 2. The molecule has 0 bridgehead atoms. The number of hydrogen-bond acceptors (Lipinski definition) is 5. The van der Waals surface area contributed by atoms with Gasteiger partial charge in [0.05, 0.1) is 18.5 Å². The first-order valence-electron chi connectivity index (χ1n) is 8.11. The number of aromatic amines is 1. The number of carbonyl (C=O) groups excluding carboxylic acids is 1. The van der Waals surface area contributed by atoms with Crippen molar-refractivity contribution in [2.75, 3.05) is 25.8 Å². The number of aromatic nitrogens is 2. The normalized spacial score (nSPS) is 12.1. The van der Waals surface area contributed by atoms with Crippen LogP contribution in [0.25, 0.3) is 0 Å². The molecule has 2 heterocycles. The van der Waals surface area contributed by atoms with Crippen molar-refractivity contribution in [1.82, 2.24) is 15.5 Å². The number of ether oxygens (including phenoxy) is 3. The number of rotatable bonds is 6. The van der Waals surface area contributed by atoms with Crippen LogP contribution in [0.3, 0.4) is 0 Å². The molecule has 0 fully saturated rings. The van der Waals surface area contributed by atoms with Gasteiger partial charge in [-0.3, -0.25) is 5.10 Å². The third kappa shape index (κ3) is 3.78. The number of methoxy groups -OCH3 is 1. The second-order valence-electron chi connectivity index (χ2n) is 5.80. The summed E-state index contributed by atoms with van der Waals surface area (Å²) in [5.41, 5.74) is 3.82. The molecule has 3 rings (SSSR count). The summed E-state index contributed by atoms with van der Waals surface area (Å²) in [6.45, 7) is 4.70. The number of nitrogens with one attached hydrogen (secondary N) is 3. The van der Waals surface area contributed by atoms with Crippen LogP contribution in [0.2, 0.25) is 0 Å². The Bertz CT molecular complexity index is 753. The van der Waals surface area contributed by atoms with Crippen molar-refractivity contribution in [3.63, 3.8) is 0 Å². The van der Waals surface area contributed by atoms with Crippen molar-refractivity contribution < 1.29 is 19.0 Å². The van der Waals surface area contributed by atoms with Gasteiger partial charge in [-0.2, -0.15) is 5.10 Å². The molecule has 134 valence electrons. The van der Waals surface area contributed by atoms with Crippen LogP contribution in [-0.4, -0.2) is 36.7 Å². The maximum absolute atomic E-state index is 12.1. The SMILES string of the molecule is COc1cc2c(cc1NC(=O)NCCCc1c(C)n[nH]c1C)OCO2. The molecule has 1 aliphatic heterocycles. The van der Waals surface area contributed by atoms with Crippen molar-refractivity contribution >= 4 is 11.7 Å². The van der Waals surface area contributed by atoms with Crippen molar-refractivity contribution in [3.8, 4) is 17.2 Å². The first-order chi connectivity index (χ1) is 12.1. The zero-order chi connectivity index (χ0) is 17.8. The lowest BCUT2D eigenvalue weighted by atomic mass is 10.1.